The second-order valence-electron chi connectivity index (χ2n) is 12.7. The fourth-order valence-corrected chi connectivity index (χ4v) is 5.85. The number of unbranched alkanes of at least 4 members (excludes halogenated alkanes) is 24. The Hall–Kier alpha value is -0.790. The van der Waals surface area contributed by atoms with Crippen LogP contribution in [0.15, 0.2) is 11.6 Å². The first-order valence-electron chi connectivity index (χ1n) is 18.0. The van der Waals surface area contributed by atoms with E-state index in [0.717, 1.165) is 25.7 Å². The lowest BCUT2D eigenvalue weighted by atomic mass is 9.94. The number of hydrogen-bond acceptors (Lipinski definition) is 1. The maximum Gasteiger partial charge on any atom is 0.306 e. The third kappa shape index (κ3) is 30.0. The van der Waals surface area contributed by atoms with E-state index in [0.29, 0.717) is 0 Å². The van der Waals surface area contributed by atoms with Gasteiger partial charge in [0.15, 0.2) is 0 Å². The van der Waals surface area contributed by atoms with Crippen molar-refractivity contribution in [1.82, 2.24) is 0 Å². The Labute approximate surface area is 246 Å². The molecular weight excluding hydrogens is 476 g/mol. The summed E-state index contributed by atoms with van der Waals surface area (Å²) >= 11 is 0. The van der Waals surface area contributed by atoms with Gasteiger partial charge in [0, 0.05) is 0 Å². The summed E-state index contributed by atoms with van der Waals surface area (Å²) in [7, 11) is 0. The van der Waals surface area contributed by atoms with Crippen LogP contribution in [-0.4, -0.2) is 11.1 Å². The first kappa shape index (κ1) is 38.2. The molecule has 0 aromatic rings. The Bertz CT molecular complexity index is 524. The highest BCUT2D eigenvalue weighted by Gasteiger charge is 2.16. The van der Waals surface area contributed by atoms with Gasteiger partial charge in [0.2, 0.25) is 0 Å². The summed E-state index contributed by atoms with van der Waals surface area (Å²) in [5, 5.41) is 9.61. The Balaban J connectivity index is 3.49. The molecule has 39 heavy (non-hydrogen) atoms. The van der Waals surface area contributed by atoms with E-state index in [1.807, 2.05) is 0 Å². The standard InChI is InChI=1S/C37H72O2/c1-4-6-8-10-11-12-13-14-15-16-19-22-25-29-33-36(37(38)39)34-30-26-23-20-17-18-21-24-28-32-35(3)31-27-9-7-5-2/h32,36H,4-31,33-34H2,1-3H3,(H,38,39). The minimum atomic E-state index is -0.560. The lowest BCUT2D eigenvalue weighted by Gasteiger charge is -2.12. The predicted octanol–water partition coefficient (Wildman–Crippen LogP) is 13.4. The Kier molecular flexibility index (Phi) is 31.1. The molecule has 0 saturated carbocycles. The molecule has 0 bridgehead atoms. The molecule has 0 radical (unpaired) electrons. The van der Waals surface area contributed by atoms with Gasteiger partial charge in [-0.05, 0) is 45.4 Å². The minimum Gasteiger partial charge on any atom is -0.481 e. The van der Waals surface area contributed by atoms with Gasteiger partial charge in [-0.2, -0.15) is 0 Å². The van der Waals surface area contributed by atoms with Crippen molar-refractivity contribution in [2.24, 2.45) is 5.92 Å². The summed E-state index contributed by atoms with van der Waals surface area (Å²) in [5.74, 6) is -0.666. The molecule has 1 atom stereocenters. The summed E-state index contributed by atoms with van der Waals surface area (Å²) in [4.78, 5) is 11.7. The largest absolute Gasteiger partial charge is 0.481 e. The van der Waals surface area contributed by atoms with E-state index in [2.05, 4.69) is 26.8 Å². The second kappa shape index (κ2) is 31.7. The fraction of sp³-hybridized carbons (Fsp3) is 0.919. The summed E-state index contributed by atoms with van der Waals surface area (Å²) in [5.41, 5.74) is 1.59. The molecule has 1 unspecified atom stereocenters. The van der Waals surface area contributed by atoms with E-state index in [1.165, 1.54) is 167 Å². The molecule has 0 aromatic heterocycles. The minimum absolute atomic E-state index is 0.106. The van der Waals surface area contributed by atoms with Crippen LogP contribution in [0.4, 0.5) is 0 Å². The molecule has 0 amide bonds. The molecule has 0 aromatic carbocycles. The van der Waals surface area contributed by atoms with Gasteiger partial charge in [-0.3, -0.25) is 4.79 Å². The van der Waals surface area contributed by atoms with Gasteiger partial charge < -0.3 is 5.11 Å². The average Bonchev–Trinajstić information content (AvgIpc) is 2.92. The van der Waals surface area contributed by atoms with Crippen LogP contribution in [0.5, 0.6) is 0 Å². The molecule has 232 valence electrons. The SMILES string of the molecule is CCCCCCCCCCCCCCCCC(CCCCCCCCCCC=C(C)CCCCCC)C(=O)O. The molecule has 0 aliphatic carbocycles. The van der Waals surface area contributed by atoms with Crippen molar-refractivity contribution >= 4 is 5.97 Å². The van der Waals surface area contributed by atoms with Gasteiger partial charge in [0.1, 0.15) is 0 Å². The monoisotopic (exact) mass is 549 g/mol. The molecule has 1 N–H and O–H groups in total. The number of carbonyl (C=O) groups is 1. The zero-order chi connectivity index (χ0) is 28.7. The van der Waals surface area contributed by atoms with Gasteiger partial charge >= 0.3 is 5.97 Å². The van der Waals surface area contributed by atoms with Crippen molar-refractivity contribution in [2.45, 2.75) is 213 Å². The van der Waals surface area contributed by atoms with Crippen molar-refractivity contribution in [3.05, 3.63) is 11.6 Å². The van der Waals surface area contributed by atoms with Crippen LogP contribution < -0.4 is 0 Å². The third-order valence-electron chi connectivity index (χ3n) is 8.68. The number of carboxylic acids is 1. The van der Waals surface area contributed by atoms with Crippen molar-refractivity contribution in [3.63, 3.8) is 0 Å². The van der Waals surface area contributed by atoms with Crippen LogP contribution in [0.25, 0.3) is 0 Å². The zero-order valence-electron chi connectivity index (χ0n) is 27.2. The number of hydrogen-bond donors (Lipinski definition) is 1. The number of aliphatic carboxylic acids is 1. The van der Waals surface area contributed by atoms with Gasteiger partial charge in [0.05, 0.1) is 5.92 Å². The van der Waals surface area contributed by atoms with Gasteiger partial charge in [-0.25, -0.2) is 0 Å². The van der Waals surface area contributed by atoms with Crippen molar-refractivity contribution in [1.29, 1.82) is 0 Å². The third-order valence-corrected chi connectivity index (χ3v) is 8.68. The van der Waals surface area contributed by atoms with Crippen LogP contribution in [0.2, 0.25) is 0 Å². The zero-order valence-corrected chi connectivity index (χ0v) is 27.2. The number of allylic oxidation sites excluding steroid dienone is 2. The van der Waals surface area contributed by atoms with E-state index < -0.39 is 5.97 Å². The number of carboxylic acid groups (broad SMARTS) is 1. The fourth-order valence-electron chi connectivity index (χ4n) is 5.85. The molecule has 0 heterocycles. The molecule has 0 rings (SSSR count). The lowest BCUT2D eigenvalue weighted by molar-refractivity contribution is -0.142. The van der Waals surface area contributed by atoms with Crippen molar-refractivity contribution < 1.29 is 9.90 Å². The smallest absolute Gasteiger partial charge is 0.306 e. The summed E-state index contributed by atoms with van der Waals surface area (Å²) in [6.07, 6.45) is 41.6. The van der Waals surface area contributed by atoms with E-state index in [9.17, 15) is 9.90 Å². The quantitative estimate of drug-likeness (QED) is 0.0670. The van der Waals surface area contributed by atoms with Crippen molar-refractivity contribution in [3.8, 4) is 0 Å². The molecule has 2 nitrogen and oxygen atoms in total. The van der Waals surface area contributed by atoms with Gasteiger partial charge in [0.25, 0.3) is 0 Å². The normalized spacial score (nSPS) is 12.7. The van der Waals surface area contributed by atoms with Crippen molar-refractivity contribution in [2.75, 3.05) is 0 Å². The summed E-state index contributed by atoms with van der Waals surface area (Å²) in [6.45, 7) is 6.87. The molecular formula is C37H72O2. The average molecular weight is 549 g/mol. The molecule has 0 aliphatic heterocycles. The first-order valence-corrected chi connectivity index (χ1v) is 18.0. The molecule has 0 aliphatic rings. The molecule has 0 fully saturated rings. The van der Waals surface area contributed by atoms with Gasteiger partial charge in [-0.15, -0.1) is 0 Å². The summed E-state index contributed by atoms with van der Waals surface area (Å²) in [6, 6.07) is 0. The molecule has 0 spiro atoms. The van der Waals surface area contributed by atoms with Crippen LogP contribution in [0, 0.1) is 5.92 Å². The maximum atomic E-state index is 11.7. The topological polar surface area (TPSA) is 37.3 Å². The Morgan fingerprint density at radius 1 is 0.513 bits per heavy atom. The van der Waals surface area contributed by atoms with Crippen LogP contribution in [0.1, 0.15) is 213 Å². The Morgan fingerprint density at radius 3 is 1.23 bits per heavy atom. The maximum absolute atomic E-state index is 11.7. The van der Waals surface area contributed by atoms with Crippen LogP contribution in [-0.2, 0) is 4.79 Å². The van der Waals surface area contributed by atoms with E-state index in [-0.39, 0.29) is 5.92 Å². The summed E-state index contributed by atoms with van der Waals surface area (Å²) < 4.78 is 0. The van der Waals surface area contributed by atoms with E-state index >= 15 is 0 Å². The van der Waals surface area contributed by atoms with E-state index in [4.69, 9.17) is 0 Å². The lowest BCUT2D eigenvalue weighted by Crippen LogP contribution is -2.13. The second-order valence-corrected chi connectivity index (χ2v) is 12.7. The number of rotatable bonds is 32. The Morgan fingerprint density at radius 2 is 0.846 bits per heavy atom. The highest BCUT2D eigenvalue weighted by Crippen LogP contribution is 2.20. The molecule has 2 heteroatoms. The van der Waals surface area contributed by atoms with Crippen LogP contribution >= 0.6 is 0 Å². The predicted molar refractivity (Wildman–Crippen MR) is 175 cm³/mol. The van der Waals surface area contributed by atoms with Crippen LogP contribution in [0.3, 0.4) is 0 Å². The molecule has 0 saturated heterocycles. The van der Waals surface area contributed by atoms with E-state index in [1.54, 1.807) is 5.57 Å². The van der Waals surface area contributed by atoms with Gasteiger partial charge in [-0.1, -0.05) is 180 Å². The first-order chi connectivity index (χ1) is 19.1. The highest BCUT2D eigenvalue weighted by molar-refractivity contribution is 5.69. The highest BCUT2D eigenvalue weighted by atomic mass is 16.4.